The summed E-state index contributed by atoms with van der Waals surface area (Å²) in [4.78, 5) is 155. The first kappa shape index (κ1) is 96.6. The zero-order chi connectivity index (χ0) is 81.0. The first-order valence-corrected chi connectivity index (χ1v) is 40.3. The van der Waals surface area contributed by atoms with Crippen LogP contribution >= 0.6 is 23.5 Å². The molecule has 9 atom stereocenters. The summed E-state index contributed by atoms with van der Waals surface area (Å²) in [6.45, 7) is 21.7. The van der Waals surface area contributed by atoms with Gasteiger partial charge in [0.25, 0.3) is 5.91 Å². The van der Waals surface area contributed by atoms with E-state index >= 15 is 0 Å². The van der Waals surface area contributed by atoms with Gasteiger partial charge in [0.1, 0.15) is 0 Å². The van der Waals surface area contributed by atoms with E-state index in [1.807, 2.05) is 102 Å². The Kier molecular flexibility index (Phi) is 47.8. The highest BCUT2D eigenvalue weighted by atomic mass is 32.2. The summed E-state index contributed by atoms with van der Waals surface area (Å²) in [5, 5.41) is 17.0. The van der Waals surface area contributed by atoms with Gasteiger partial charge in [0.15, 0.2) is 23.1 Å². The van der Waals surface area contributed by atoms with E-state index in [1.54, 1.807) is 82.8 Å². The van der Waals surface area contributed by atoms with Gasteiger partial charge in [0.2, 0.25) is 35.4 Å². The SMILES string of the molecule is CCCC(=O)NCC(=O)CCC(=O)NCC(=O)CCC(=O)NCC(=O)CC.CC[C@H](C)[C@@H]([C@@H](CC(=O)N1CCC[C@H]1[C@H](OC)[C@@H](C)C(=O)N[C@H](CN=[N+]=[N-])Cc1ccc(C)cc1)OC)N(C)C(=O)[C@@H](CC(=O)[C@H](C(C)C)N(C)C)C(C)C.COCCOCCNC(=O)c1ccc2nc(CSC)c(CSC)nc2c1. The molecule has 4 rings (SSSR count). The van der Waals surface area contributed by atoms with E-state index < -0.39 is 47.9 Å². The number of nitrogens with zero attached hydrogens (tertiary/aromatic N) is 8. The summed E-state index contributed by atoms with van der Waals surface area (Å²) < 4.78 is 22.3. The Morgan fingerprint density at radius 2 is 1.29 bits per heavy atom. The fourth-order valence-corrected chi connectivity index (χ4v) is 13.7. The molecule has 2 heterocycles. The molecule has 1 aliphatic rings. The van der Waals surface area contributed by atoms with E-state index in [-0.39, 0.29) is 147 Å². The minimum absolute atomic E-state index is 0.00319. The number of likely N-dealkylation sites (tertiary alicyclic amines) is 1. The lowest BCUT2D eigenvalue weighted by Crippen LogP contribution is -2.54. The van der Waals surface area contributed by atoms with Gasteiger partial charge in [-0.3, -0.25) is 57.6 Å². The van der Waals surface area contributed by atoms with Gasteiger partial charge in [-0.15, -0.1) is 0 Å². The van der Waals surface area contributed by atoms with Crippen LogP contribution in [-0.4, -0.2) is 240 Å². The second kappa shape index (κ2) is 53.4. The molecule has 1 saturated heterocycles. The average molecular weight is 1550 g/mol. The lowest BCUT2D eigenvalue weighted by atomic mass is 9.83. The van der Waals surface area contributed by atoms with Crippen LogP contribution in [0, 0.1) is 36.5 Å². The average Bonchev–Trinajstić information content (AvgIpc) is 1.16. The molecule has 0 saturated carbocycles. The van der Waals surface area contributed by atoms with Crippen molar-refractivity contribution in [2.45, 2.75) is 201 Å². The smallest absolute Gasteiger partial charge is 0.251 e. The Balaban J connectivity index is 0.000000620. The molecule has 604 valence electrons. The number of nitrogens with one attached hydrogen (secondary N) is 5. The number of carbonyl (C=O) groups excluding carboxylic acids is 11. The Bertz CT molecular complexity index is 3370. The van der Waals surface area contributed by atoms with Crippen LogP contribution in [0.3, 0.4) is 0 Å². The number of benzene rings is 2. The number of methoxy groups -OCH3 is 3. The fraction of sp³-hybridized carbons (Fsp3) is 0.679. The van der Waals surface area contributed by atoms with E-state index in [4.69, 9.17) is 34.4 Å². The zero-order valence-electron chi connectivity index (χ0n) is 67.4. The maximum Gasteiger partial charge on any atom is 0.251 e. The summed E-state index contributed by atoms with van der Waals surface area (Å²) in [5.41, 5.74) is 15.3. The van der Waals surface area contributed by atoms with Crippen LogP contribution in [0.2, 0.25) is 0 Å². The summed E-state index contributed by atoms with van der Waals surface area (Å²) in [7, 11) is 10.3. The maximum atomic E-state index is 14.3. The summed E-state index contributed by atoms with van der Waals surface area (Å²) in [6.07, 6.45) is 6.97. The fourth-order valence-electron chi connectivity index (χ4n) is 12.7. The number of hydrogen-bond donors (Lipinski definition) is 5. The van der Waals surface area contributed by atoms with Gasteiger partial charge in [0.05, 0.1) is 105 Å². The zero-order valence-corrected chi connectivity index (χ0v) is 69.0. The second-order valence-electron chi connectivity index (χ2n) is 28.2. The summed E-state index contributed by atoms with van der Waals surface area (Å²) >= 11 is 3.45. The van der Waals surface area contributed by atoms with Gasteiger partial charge in [-0.05, 0) is 106 Å². The molecule has 0 radical (unpaired) electrons. The van der Waals surface area contributed by atoms with Crippen molar-refractivity contribution < 1.29 is 71.7 Å². The number of azide groups is 1. The number of Topliss-reactive ketones (excluding diaryl/α,β-unsaturated/α-hetero) is 4. The number of ether oxygens (including phenoxy) is 4. The molecule has 108 heavy (non-hydrogen) atoms. The van der Waals surface area contributed by atoms with Crippen LogP contribution in [0.15, 0.2) is 47.6 Å². The Morgan fingerprint density at radius 3 is 1.80 bits per heavy atom. The topological polar surface area (TPSA) is 369 Å². The Labute approximate surface area is 649 Å². The van der Waals surface area contributed by atoms with E-state index in [0.29, 0.717) is 70.6 Å². The number of likely N-dealkylation sites (N-methyl/N-ethyl adjacent to an activating group) is 2. The highest BCUT2D eigenvalue weighted by Crippen LogP contribution is 2.32. The molecule has 28 nitrogen and oxygen atoms in total. The van der Waals surface area contributed by atoms with Crippen molar-refractivity contribution in [2.75, 3.05) is 114 Å². The van der Waals surface area contributed by atoms with Crippen molar-refractivity contribution in [3.05, 3.63) is 81.0 Å². The van der Waals surface area contributed by atoms with Gasteiger partial charge >= 0.3 is 0 Å². The third-order valence-electron chi connectivity index (χ3n) is 18.8. The molecule has 7 amide bonds. The van der Waals surface area contributed by atoms with E-state index in [1.165, 1.54) is 0 Å². The molecule has 0 aliphatic carbocycles. The van der Waals surface area contributed by atoms with Crippen LogP contribution < -0.4 is 26.6 Å². The molecule has 1 aliphatic heterocycles. The number of rotatable bonds is 49. The number of thioether (sulfide) groups is 2. The quantitative estimate of drug-likeness (QED) is 0.0153. The highest BCUT2D eigenvalue weighted by molar-refractivity contribution is 7.98. The normalized spacial score (nSPS) is 14.8. The van der Waals surface area contributed by atoms with Crippen LogP contribution in [0.5, 0.6) is 0 Å². The van der Waals surface area contributed by atoms with Crippen LogP contribution in [0.1, 0.15) is 172 Å². The summed E-state index contributed by atoms with van der Waals surface area (Å²) in [5.74, 6) is -1.74. The maximum absolute atomic E-state index is 14.3. The van der Waals surface area contributed by atoms with Gasteiger partial charge in [-0.1, -0.05) is 104 Å². The molecule has 0 bridgehead atoms. The number of aromatic nitrogens is 2. The van der Waals surface area contributed by atoms with Crippen molar-refractivity contribution in [3.63, 3.8) is 0 Å². The number of amides is 7. The minimum Gasteiger partial charge on any atom is -0.382 e. The van der Waals surface area contributed by atoms with Crippen molar-refractivity contribution in [1.29, 1.82) is 0 Å². The van der Waals surface area contributed by atoms with Crippen molar-refractivity contribution in [3.8, 4) is 0 Å². The lowest BCUT2D eigenvalue weighted by Gasteiger charge is -2.41. The molecular weight excluding hydrogens is 1420 g/mol. The van der Waals surface area contributed by atoms with Crippen molar-refractivity contribution >= 4 is 99.0 Å². The molecule has 1 aromatic heterocycles. The molecule has 30 heteroatoms. The Morgan fingerprint density at radius 1 is 0.704 bits per heavy atom. The number of fused-ring (bicyclic) bond motifs is 1. The predicted molar refractivity (Wildman–Crippen MR) is 424 cm³/mol. The van der Waals surface area contributed by atoms with Crippen LogP contribution in [0.25, 0.3) is 21.5 Å². The number of hydrogen-bond acceptors (Lipinski definition) is 21. The van der Waals surface area contributed by atoms with Gasteiger partial charge in [-0.25, -0.2) is 9.97 Å². The number of aryl methyl sites for hydroxylation is 1. The molecule has 3 aromatic rings. The van der Waals surface area contributed by atoms with Crippen LogP contribution in [0.4, 0.5) is 0 Å². The molecule has 1 fully saturated rings. The molecular formula is C78H125N13O15S2. The molecule has 2 aromatic carbocycles. The Hall–Kier alpha value is -7.44. The monoisotopic (exact) mass is 1550 g/mol. The molecule has 0 spiro atoms. The first-order valence-electron chi connectivity index (χ1n) is 37.6. The standard InChI is InChI=1S/C42H71N7O6.C18H29N3O6.C18H25N3O3S2/c1-14-29(7)39(48(11)42(53)33(26(2)3)23-35(50)38(27(4)5)47(9)10)36(54-12)24-37(51)49-21-15-16-34(49)40(55-13)30(8)41(52)45-32(25-44-46-43)22-31-19-17-28(6)18-20-31;1-3-5-16(25)20-11-14(23)7-9-18(27)21-12-15(24)6-8-17(26)19-10-13(22)4-2;1-23-8-9-24-7-6-19-18(22)13-4-5-14-15(10-13)21-17(12-26-3)16(20-14)11-25-2/h17-20,26-27,29-30,32-34,36,38-40H,14-16,21-25H2,1-13H3,(H,45,52);3-12H2,1-2H3,(H,19,26)(H,20,25)(H,21,27);4-5,10H,6-9,11-12H2,1-3H3,(H,19,22)/t29-,30+,32-,33-,34-,36+,38-,39-,40+;;/m0../s1. The van der Waals surface area contributed by atoms with Crippen molar-refractivity contribution in [1.82, 2.24) is 51.3 Å². The molecule has 5 N–H and O–H groups in total. The van der Waals surface area contributed by atoms with Crippen LogP contribution in [-0.2, 0) is 84.8 Å². The molecule has 0 unspecified atom stereocenters. The van der Waals surface area contributed by atoms with E-state index in [2.05, 4.69) is 56.7 Å². The summed E-state index contributed by atoms with van der Waals surface area (Å²) in [6, 6.07) is 12.0. The van der Waals surface area contributed by atoms with E-state index in [0.717, 1.165) is 57.9 Å². The van der Waals surface area contributed by atoms with Gasteiger partial charge in [-0.2, -0.15) is 23.5 Å². The van der Waals surface area contributed by atoms with E-state index in [9.17, 15) is 52.7 Å². The largest absolute Gasteiger partial charge is 0.382 e. The second-order valence-corrected chi connectivity index (χ2v) is 29.9. The third kappa shape index (κ3) is 35.1. The minimum atomic E-state index is -0.608. The lowest BCUT2D eigenvalue weighted by molar-refractivity contribution is -0.149. The number of carbonyl (C=O) groups is 11. The first-order chi connectivity index (χ1) is 51.4. The van der Waals surface area contributed by atoms with Gasteiger partial charge in [0, 0.05) is 127 Å². The predicted octanol–water partition coefficient (Wildman–Crippen LogP) is 8.63. The highest BCUT2D eigenvalue weighted by Gasteiger charge is 2.43. The van der Waals surface area contributed by atoms with Crippen molar-refractivity contribution in [2.24, 2.45) is 34.7 Å². The third-order valence-corrected chi connectivity index (χ3v) is 19.9. The van der Waals surface area contributed by atoms with Gasteiger partial charge < -0.3 is 55.3 Å². The number of ketones is 4.